The van der Waals surface area contributed by atoms with E-state index in [-0.39, 0.29) is 0 Å². The topological polar surface area (TPSA) is 26.0 Å². The first-order valence-electron chi connectivity index (χ1n) is 5.78. The normalized spacial score (nSPS) is 10.5. The van der Waals surface area contributed by atoms with E-state index in [0.717, 1.165) is 19.4 Å². The fourth-order valence-corrected chi connectivity index (χ4v) is 2.21. The van der Waals surface area contributed by atoms with Crippen LogP contribution in [0.15, 0.2) is 29.2 Å². The highest BCUT2D eigenvalue weighted by Gasteiger charge is 1.95. The van der Waals surface area contributed by atoms with Gasteiger partial charge in [0.25, 0.3) is 0 Å². The zero-order chi connectivity index (χ0) is 10.9. The van der Waals surface area contributed by atoms with Gasteiger partial charge in [0.1, 0.15) is 0 Å². The van der Waals surface area contributed by atoms with E-state index in [1.54, 1.807) is 0 Å². The molecule has 1 aromatic rings. The maximum Gasteiger partial charge on any atom is 0.00721 e. The van der Waals surface area contributed by atoms with Crippen molar-refractivity contribution in [2.24, 2.45) is 5.73 Å². The molecule has 2 N–H and O–H groups in total. The first kappa shape index (κ1) is 12.6. The molecule has 0 radical (unpaired) electrons. The first-order chi connectivity index (χ1) is 7.36. The molecule has 1 nitrogen and oxygen atoms in total. The molecular weight excluding hydrogens is 202 g/mol. The van der Waals surface area contributed by atoms with Crippen LogP contribution in [0.4, 0.5) is 0 Å². The number of hydrogen-bond acceptors (Lipinski definition) is 2. The molecule has 1 aromatic carbocycles. The molecule has 0 atom stereocenters. The van der Waals surface area contributed by atoms with Gasteiger partial charge >= 0.3 is 0 Å². The standard InChI is InChI=1S/C13H21NS/c1-2-11-15-13-8-6-12(7-9-13)5-3-4-10-14/h6-9H,2-5,10-11,14H2,1H3. The summed E-state index contributed by atoms with van der Waals surface area (Å²) in [6.45, 7) is 3.03. The van der Waals surface area contributed by atoms with Gasteiger partial charge in [0.15, 0.2) is 0 Å². The summed E-state index contributed by atoms with van der Waals surface area (Å²) in [6.07, 6.45) is 4.74. The molecule has 2 heteroatoms. The van der Waals surface area contributed by atoms with Crippen molar-refractivity contribution >= 4 is 11.8 Å². The minimum Gasteiger partial charge on any atom is -0.330 e. The van der Waals surface area contributed by atoms with E-state index >= 15 is 0 Å². The third kappa shape index (κ3) is 5.24. The number of benzene rings is 1. The molecule has 1 rings (SSSR count). The molecule has 0 amide bonds. The van der Waals surface area contributed by atoms with Crippen LogP contribution in [0.1, 0.15) is 31.7 Å². The Morgan fingerprint density at radius 2 is 1.87 bits per heavy atom. The monoisotopic (exact) mass is 223 g/mol. The van der Waals surface area contributed by atoms with Gasteiger partial charge in [-0.1, -0.05) is 19.1 Å². The van der Waals surface area contributed by atoms with Crippen LogP contribution in [0.3, 0.4) is 0 Å². The lowest BCUT2D eigenvalue weighted by molar-refractivity contribution is 0.744. The van der Waals surface area contributed by atoms with Gasteiger partial charge in [-0.25, -0.2) is 0 Å². The molecule has 0 aromatic heterocycles. The van der Waals surface area contributed by atoms with E-state index in [0.29, 0.717) is 0 Å². The average Bonchev–Trinajstić information content (AvgIpc) is 2.28. The molecular formula is C13H21NS. The third-order valence-electron chi connectivity index (χ3n) is 2.32. The van der Waals surface area contributed by atoms with E-state index < -0.39 is 0 Å². The van der Waals surface area contributed by atoms with Crippen molar-refractivity contribution in [3.63, 3.8) is 0 Å². The minimum absolute atomic E-state index is 0.810. The summed E-state index contributed by atoms with van der Waals surface area (Å²) in [7, 11) is 0. The summed E-state index contributed by atoms with van der Waals surface area (Å²) in [5.41, 5.74) is 6.90. The summed E-state index contributed by atoms with van der Waals surface area (Å²) in [4.78, 5) is 1.39. The molecule has 0 aliphatic rings. The van der Waals surface area contributed by atoms with Crippen molar-refractivity contribution in [2.75, 3.05) is 12.3 Å². The van der Waals surface area contributed by atoms with E-state index in [1.807, 2.05) is 11.8 Å². The van der Waals surface area contributed by atoms with Crippen molar-refractivity contribution in [2.45, 2.75) is 37.5 Å². The van der Waals surface area contributed by atoms with Crippen LogP contribution in [-0.4, -0.2) is 12.3 Å². The predicted octanol–water partition coefficient (Wildman–Crippen LogP) is 3.47. The van der Waals surface area contributed by atoms with Gasteiger partial charge in [0.2, 0.25) is 0 Å². The Bertz CT molecular complexity index is 256. The van der Waals surface area contributed by atoms with Gasteiger partial charge in [0.05, 0.1) is 0 Å². The molecule has 0 aliphatic heterocycles. The molecule has 0 heterocycles. The van der Waals surface area contributed by atoms with Crippen molar-refractivity contribution in [3.05, 3.63) is 29.8 Å². The predicted molar refractivity (Wildman–Crippen MR) is 69.4 cm³/mol. The molecule has 15 heavy (non-hydrogen) atoms. The fourth-order valence-electron chi connectivity index (χ4n) is 1.45. The van der Waals surface area contributed by atoms with Crippen molar-refractivity contribution in [1.29, 1.82) is 0 Å². The number of aryl methyl sites for hydroxylation is 1. The molecule has 0 aliphatic carbocycles. The van der Waals surface area contributed by atoms with Crippen molar-refractivity contribution < 1.29 is 0 Å². The molecule has 0 saturated heterocycles. The van der Waals surface area contributed by atoms with Gasteiger partial charge in [-0.3, -0.25) is 0 Å². The average molecular weight is 223 g/mol. The fraction of sp³-hybridized carbons (Fsp3) is 0.538. The molecule has 0 saturated carbocycles. The van der Waals surface area contributed by atoms with Crippen LogP contribution in [-0.2, 0) is 6.42 Å². The lowest BCUT2D eigenvalue weighted by atomic mass is 10.1. The summed E-state index contributed by atoms with van der Waals surface area (Å²) in [5.74, 6) is 1.21. The van der Waals surface area contributed by atoms with Crippen molar-refractivity contribution in [3.8, 4) is 0 Å². The second kappa shape index (κ2) is 7.77. The van der Waals surface area contributed by atoms with Crippen molar-refractivity contribution in [1.82, 2.24) is 0 Å². The van der Waals surface area contributed by atoms with Crippen LogP contribution in [0.5, 0.6) is 0 Å². The minimum atomic E-state index is 0.810. The number of hydrogen-bond donors (Lipinski definition) is 1. The van der Waals surface area contributed by atoms with Gasteiger partial charge in [-0.2, -0.15) is 0 Å². The van der Waals surface area contributed by atoms with E-state index in [9.17, 15) is 0 Å². The molecule has 84 valence electrons. The maximum atomic E-state index is 5.47. The Morgan fingerprint density at radius 3 is 2.47 bits per heavy atom. The zero-order valence-electron chi connectivity index (χ0n) is 9.54. The number of thioether (sulfide) groups is 1. The highest BCUT2D eigenvalue weighted by molar-refractivity contribution is 7.99. The molecule has 0 bridgehead atoms. The second-order valence-corrected chi connectivity index (χ2v) is 4.91. The number of nitrogens with two attached hydrogens (primary N) is 1. The summed E-state index contributed by atoms with van der Waals surface area (Å²) >= 11 is 1.94. The summed E-state index contributed by atoms with van der Waals surface area (Å²) < 4.78 is 0. The Balaban J connectivity index is 2.35. The zero-order valence-corrected chi connectivity index (χ0v) is 10.4. The SMILES string of the molecule is CCCSc1ccc(CCCCN)cc1. The quantitative estimate of drug-likeness (QED) is 0.566. The maximum absolute atomic E-state index is 5.47. The highest BCUT2D eigenvalue weighted by Crippen LogP contribution is 2.19. The highest BCUT2D eigenvalue weighted by atomic mass is 32.2. The van der Waals surface area contributed by atoms with Crippen LogP contribution in [0, 0.1) is 0 Å². The Labute approximate surface area is 97.4 Å². The van der Waals surface area contributed by atoms with Gasteiger partial charge in [-0.05, 0) is 55.7 Å². The summed E-state index contributed by atoms with van der Waals surface area (Å²) in [6, 6.07) is 8.96. The Hall–Kier alpha value is -0.470. The lowest BCUT2D eigenvalue weighted by Crippen LogP contribution is -1.98. The Morgan fingerprint density at radius 1 is 1.13 bits per heavy atom. The van der Waals surface area contributed by atoms with E-state index in [1.165, 1.54) is 29.1 Å². The van der Waals surface area contributed by atoms with Crippen LogP contribution < -0.4 is 5.73 Å². The van der Waals surface area contributed by atoms with Crippen LogP contribution in [0.2, 0.25) is 0 Å². The molecule has 0 spiro atoms. The van der Waals surface area contributed by atoms with Gasteiger partial charge in [-0.15, -0.1) is 11.8 Å². The lowest BCUT2D eigenvalue weighted by Gasteiger charge is -2.03. The van der Waals surface area contributed by atoms with Gasteiger partial charge in [0, 0.05) is 4.90 Å². The first-order valence-corrected chi connectivity index (χ1v) is 6.77. The smallest absolute Gasteiger partial charge is 0.00721 e. The number of rotatable bonds is 7. The van der Waals surface area contributed by atoms with Gasteiger partial charge < -0.3 is 5.73 Å². The van der Waals surface area contributed by atoms with E-state index in [2.05, 4.69) is 31.2 Å². The second-order valence-electron chi connectivity index (χ2n) is 3.74. The Kier molecular flexibility index (Phi) is 6.53. The van der Waals surface area contributed by atoms with Crippen LogP contribution >= 0.6 is 11.8 Å². The number of unbranched alkanes of at least 4 members (excludes halogenated alkanes) is 1. The van der Waals surface area contributed by atoms with Crippen LogP contribution in [0.25, 0.3) is 0 Å². The van der Waals surface area contributed by atoms with E-state index in [4.69, 9.17) is 5.73 Å². The molecule has 0 unspecified atom stereocenters. The third-order valence-corrected chi connectivity index (χ3v) is 3.53. The largest absolute Gasteiger partial charge is 0.330 e. The molecule has 0 fully saturated rings. The summed E-state index contributed by atoms with van der Waals surface area (Å²) in [5, 5.41) is 0.